The molecule has 3 N–H and O–H groups in total. The average Bonchev–Trinajstić information content (AvgIpc) is 2.78. The van der Waals surface area contributed by atoms with Gasteiger partial charge in [-0.2, -0.15) is 0 Å². The van der Waals surface area contributed by atoms with Crippen molar-refractivity contribution in [3.05, 3.63) is 24.3 Å². The van der Waals surface area contributed by atoms with Crippen molar-refractivity contribution in [2.45, 2.75) is 43.8 Å². The molecule has 2 unspecified atom stereocenters. The molecule has 0 saturated carbocycles. The Balaban J connectivity index is 1.51. The normalized spacial score (nSPS) is 27.9. The number of hydrogen-bond donors (Lipinski definition) is 3. The van der Waals surface area contributed by atoms with E-state index in [0.29, 0.717) is 12.1 Å². The van der Waals surface area contributed by atoms with Crippen LogP contribution in [0.15, 0.2) is 24.3 Å². The van der Waals surface area contributed by atoms with Gasteiger partial charge < -0.3 is 20.7 Å². The number of benzene rings is 1. The summed E-state index contributed by atoms with van der Waals surface area (Å²) in [5.74, 6) is 0.783. The van der Waals surface area contributed by atoms with Gasteiger partial charge in [-0.05, 0) is 49.9 Å². The number of anilines is 1. The van der Waals surface area contributed by atoms with Gasteiger partial charge in [0.25, 0.3) is 0 Å². The molecule has 0 aliphatic carbocycles. The maximum Gasteiger partial charge on any atom is 0.319 e. The number of hydrogen-bond acceptors (Lipinski definition) is 3. The second-order valence-electron chi connectivity index (χ2n) is 5.63. The van der Waals surface area contributed by atoms with Gasteiger partial charge in [0.1, 0.15) is 5.75 Å². The van der Waals surface area contributed by atoms with Gasteiger partial charge in [-0.3, -0.25) is 0 Å². The number of carbonyl (C=O) groups is 1. The topological polar surface area (TPSA) is 62.4 Å². The zero-order chi connectivity index (χ0) is 13.9. The van der Waals surface area contributed by atoms with Crippen molar-refractivity contribution in [2.75, 3.05) is 12.4 Å². The smallest absolute Gasteiger partial charge is 0.319 e. The number of fused-ring (bicyclic) bond motifs is 2. The summed E-state index contributed by atoms with van der Waals surface area (Å²) < 4.78 is 5.09. The first kappa shape index (κ1) is 13.2. The lowest BCUT2D eigenvalue weighted by Gasteiger charge is -2.29. The quantitative estimate of drug-likeness (QED) is 0.791. The summed E-state index contributed by atoms with van der Waals surface area (Å²) in [6.07, 6.45) is 4.55. The number of rotatable bonds is 3. The van der Waals surface area contributed by atoms with Gasteiger partial charge in [-0.1, -0.05) is 0 Å². The molecule has 2 amide bonds. The SMILES string of the molecule is COc1ccc(NC(=O)NC2CC3CCC(C2)N3)cc1. The second-order valence-corrected chi connectivity index (χ2v) is 5.63. The molecule has 5 nitrogen and oxygen atoms in total. The lowest BCUT2D eigenvalue weighted by atomic mass is 10.0. The summed E-state index contributed by atoms with van der Waals surface area (Å²) >= 11 is 0. The van der Waals surface area contributed by atoms with Crippen molar-refractivity contribution < 1.29 is 9.53 Å². The Morgan fingerprint density at radius 1 is 1.20 bits per heavy atom. The first-order valence-corrected chi connectivity index (χ1v) is 7.20. The maximum atomic E-state index is 12.0. The number of piperidine rings is 1. The average molecular weight is 275 g/mol. The number of methoxy groups -OCH3 is 1. The number of nitrogens with one attached hydrogen (secondary N) is 3. The number of amides is 2. The molecule has 2 aliphatic heterocycles. The fourth-order valence-corrected chi connectivity index (χ4v) is 3.20. The van der Waals surface area contributed by atoms with Crippen molar-refractivity contribution in [3.63, 3.8) is 0 Å². The summed E-state index contributed by atoms with van der Waals surface area (Å²) in [6, 6.07) is 8.67. The van der Waals surface area contributed by atoms with Crippen molar-refractivity contribution >= 4 is 11.7 Å². The lowest BCUT2D eigenvalue weighted by Crippen LogP contribution is -2.49. The molecule has 1 aromatic carbocycles. The summed E-state index contributed by atoms with van der Waals surface area (Å²) in [7, 11) is 1.63. The Bertz CT molecular complexity index is 463. The van der Waals surface area contributed by atoms with Gasteiger partial charge in [0, 0.05) is 23.8 Å². The highest BCUT2D eigenvalue weighted by Crippen LogP contribution is 2.26. The summed E-state index contributed by atoms with van der Waals surface area (Å²) in [6.45, 7) is 0. The predicted molar refractivity (Wildman–Crippen MR) is 78.1 cm³/mol. The van der Waals surface area contributed by atoms with Crippen LogP contribution in [0.1, 0.15) is 25.7 Å². The molecule has 0 radical (unpaired) electrons. The molecule has 2 saturated heterocycles. The van der Waals surface area contributed by atoms with E-state index >= 15 is 0 Å². The Morgan fingerprint density at radius 3 is 2.45 bits per heavy atom. The monoisotopic (exact) mass is 275 g/mol. The highest BCUT2D eigenvalue weighted by atomic mass is 16.5. The highest BCUT2D eigenvalue weighted by molar-refractivity contribution is 5.89. The van der Waals surface area contributed by atoms with Crippen LogP contribution in [0.5, 0.6) is 5.75 Å². The minimum Gasteiger partial charge on any atom is -0.497 e. The molecule has 2 heterocycles. The standard InChI is InChI=1S/C15H21N3O2/c1-20-14-6-4-10(5-7-14)17-15(19)18-13-8-11-2-3-12(9-13)16-11/h4-7,11-13,16H,2-3,8-9H2,1H3,(H2,17,18,19). The van der Waals surface area contributed by atoms with Gasteiger partial charge in [-0.25, -0.2) is 4.79 Å². The molecule has 0 aromatic heterocycles. The van der Waals surface area contributed by atoms with Gasteiger partial charge in [0.2, 0.25) is 0 Å². The molecule has 2 atom stereocenters. The number of urea groups is 1. The van der Waals surface area contributed by atoms with Crippen LogP contribution in [0.3, 0.4) is 0 Å². The van der Waals surface area contributed by atoms with Crippen molar-refractivity contribution in [1.29, 1.82) is 0 Å². The molecular weight excluding hydrogens is 254 g/mol. The Kier molecular flexibility index (Phi) is 3.78. The van der Waals surface area contributed by atoms with E-state index < -0.39 is 0 Å². The molecule has 108 valence electrons. The van der Waals surface area contributed by atoms with Gasteiger partial charge >= 0.3 is 6.03 Å². The van der Waals surface area contributed by atoms with E-state index in [1.165, 1.54) is 12.8 Å². The fraction of sp³-hybridized carbons (Fsp3) is 0.533. The van der Waals surface area contributed by atoms with Crippen molar-refractivity contribution in [2.24, 2.45) is 0 Å². The lowest BCUT2D eigenvalue weighted by molar-refractivity contribution is 0.240. The Hall–Kier alpha value is -1.75. The van der Waals surface area contributed by atoms with Gasteiger partial charge in [0.05, 0.1) is 7.11 Å². The molecule has 2 aliphatic rings. The third-order valence-electron chi connectivity index (χ3n) is 4.16. The van der Waals surface area contributed by atoms with Crippen LogP contribution in [0.2, 0.25) is 0 Å². The van der Waals surface area contributed by atoms with Crippen LogP contribution in [-0.4, -0.2) is 31.3 Å². The maximum absolute atomic E-state index is 12.0. The molecular formula is C15H21N3O2. The first-order valence-electron chi connectivity index (χ1n) is 7.20. The zero-order valence-electron chi connectivity index (χ0n) is 11.7. The Labute approximate surface area is 119 Å². The van der Waals surface area contributed by atoms with E-state index in [4.69, 9.17) is 4.74 Å². The third kappa shape index (κ3) is 3.04. The molecule has 1 aromatic rings. The second kappa shape index (κ2) is 5.71. The first-order chi connectivity index (χ1) is 9.72. The molecule has 2 fully saturated rings. The summed E-state index contributed by atoms with van der Waals surface area (Å²) in [5, 5.41) is 9.51. The predicted octanol–water partition coefficient (Wildman–Crippen LogP) is 2.10. The van der Waals surface area contributed by atoms with Gasteiger partial charge in [0.15, 0.2) is 0 Å². The third-order valence-corrected chi connectivity index (χ3v) is 4.16. The van der Waals surface area contributed by atoms with Crippen molar-refractivity contribution in [1.82, 2.24) is 10.6 Å². The molecule has 2 bridgehead atoms. The van der Waals surface area contributed by atoms with Crippen LogP contribution < -0.4 is 20.7 Å². The molecule has 0 spiro atoms. The molecule has 3 rings (SSSR count). The van der Waals surface area contributed by atoms with Crippen LogP contribution >= 0.6 is 0 Å². The largest absolute Gasteiger partial charge is 0.497 e. The van der Waals surface area contributed by atoms with Crippen LogP contribution in [0, 0.1) is 0 Å². The molecule has 5 heteroatoms. The van der Waals surface area contributed by atoms with Crippen LogP contribution in [0.4, 0.5) is 10.5 Å². The van der Waals surface area contributed by atoms with E-state index in [1.807, 2.05) is 24.3 Å². The summed E-state index contributed by atoms with van der Waals surface area (Å²) in [5.41, 5.74) is 0.778. The summed E-state index contributed by atoms with van der Waals surface area (Å²) in [4.78, 5) is 12.0. The fourth-order valence-electron chi connectivity index (χ4n) is 3.20. The van der Waals surface area contributed by atoms with E-state index in [1.54, 1.807) is 7.11 Å². The molecule has 20 heavy (non-hydrogen) atoms. The zero-order valence-corrected chi connectivity index (χ0v) is 11.7. The minimum atomic E-state index is -0.124. The number of ether oxygens (including phenoxy) is 1. The van der Waals surface area contributed by atoms with Gasteiger partial charge in [-0.15, -0.1) is 0 Å². The Morgan fingerprint density at radius 2 is 1.85 bits per heavy atom. The highest BCUT2D eigenvalue weighted by Gasteiger charge is 2.33. The minimum absolute atomic E-state index is 0.124. The van der Waals surface area contributed by atoms with Crippen LogP contribution in [-0.2, 0) is 0 Å². The van der Waals surface area contributed by atoms with Crippen LogP contribution in [0.25, 0.3) is 0 Å². The number of carbonyl (C=O) groups excluding carboxylic acids is 1. The van der Waals surface area contributed by atoms with E-state index in [9.17, 15) is 4.79 Å². The van der Waals surface area contributed by atoms with E-state index in [-0.39, 0.29) is 12.1 Å². The van der Waals surface area contributed by atoms with E-state index in [0.717, 1.165) is 24.3 Å². The van der Waals surface area contributed by atoms with E-state index in [2.05, 4.69) is 16.0 Å². The van der Waals surface area contributed by atoms with Crippen molar-refractivity contribution in [3.8, 4) is 5.75 Å².